The van der Waals surface area contributed by atoms with E-state index in [1.807, 2.05) is 51.2 Å². The van der Waals surface area contributed by atoms with Gasteiger partial charge in [-0.25, -0.2) is 9.97 Å². The molecule has 3 aromatic heterocycles. The molecule has 4 aromatic rings. The van der Waals surface area contributed by atoms with Gasteiger partial charge in [-0.05, 0) is 32.0 Å². The SMILES string of the molecule is Cc1nc2c(cc1C(=O)N(C)Cc1nc3ccccc3[nH]1)c(C)nn2C. The number of rotatable bonds is 3. The average molecular weight is 348 g/mol. The number of aromatic amines is 1. The lowest BCUT2D eigenvalue weighted by atomic mass is 10.1. The van der Waals surface area contributed by atoms with E-state index < -0.39 is 0 Å². The number of aryl methyl sites for hydroxylation is 3. The van der Waals surface area contributed by atoms with E-state index in [1.165, 1.54) is 0 Å². The van der Waals surface area contributed by atoms with Crippen molar-refractivity contribution in [3.63, 3.8) is 0 Å². The van der Waals surface area contributed by atoms with E-state index in [9.17, 15) is 4.79 Å². The summed E-state index contributed by atoms with van der Waals surface area (Å²) in [6.45, 7) is 4.17. The summed E-state index contributed by atoms with van der Waals surface area (Å²) < 4.78 is 1.74. The molecule has 7 nitrogen and oxygen atoms in total. The smallest absolute Gasteiger partial charge is 0.255 e. The second-order valence-electron chi connectivity index (χ2n) is 6.56. The number of imidazole rings is 1. The van der Waals surface area contributed by atoms with Crippen LogP contribution in [-0.4, -0.2) is 42.6 Å². The van der Waals surface area contributed by atoms with Crippen molar-refractivity contribution in [3.8, 4) is 0 Å². The number of benzene rings is 1. The Morgan fingerprint density at radius 2 is 1.96 bits per heavy atom. The van der Waals surface area contributed by atoms with Crippen LogP contribution in [0.4, 0.5) is 0 Å². The van der Waals surface area contributed by atoms with Crippen LogP contribution in [0.2, 0.25) is 0 Å². The number of hydrogen-bond donors (Lipinski definition) is 1. The Balaban J connectivity index is 1.64. The van der Waals surface area contributed by atoms with Gasteiger partial charge >= 0.3 is 0 Å². The highest BCUT2D eigenvalue weighted by molar-refractivity contribution is 5.98. The van der Waals surface area contributed by atoms with Gasteiger partial charge in [-0.1, -0.05) is 12.1 Å². The Kier molecular flexibility index (Phi) is 3.72. The highest BCUT2D eigenvalue weighted by Gasteiger charge is 2.19. The molecule has 1 aromatic carbocycles. The molecule has 1 N–H and O–H groups in total. The zero-order valence-corrected chi connectivity index (χ0v) is 15.2. The average Bonchev–Trinajstić information content (AvgIpc) is 3.13. The fraction of sp³-hybridized carbons (Fsp3) is 0.263. The van der Waals surface area contributed by atoms with Crippen molar-refractivity contribution in [2.45, 2.75) is 20.4 Å². The van der Waals surface area contributed by atoms with Gasteiger partial charge in [-0.15, -0.1) is 0 Å². The van der Waals surface area contributed by atoms with Crippen molar-refractivity contribution in [3.05, 3.63) is 53.1 Å². The molecule has 0 fully saturated rings. The third-order valence-electron chi connectivity index (χ3n) is 4.59. The van der Waals surface area contributed by atoms with Gasteiger partial charge in [0.1, 0.15) is 5.82 Å². The maximum absolute atomic E-state index is 13.0. The van der Waals surface area contributed by atoms with E-state index >= 15 is 0 Å². The van der Waals surface area contributed by atoms with Crippen LogP contribution in [0.15, 0.2) is 30.3 Å². The van der Waals surface area contributed by atoms with Gasteiger partial charge in [0.25, 0.3) is 5.91 Å². The fourth-order valence-corrected chi connectivity index (χ4v) is 3.23. The van der Waals surface area contributed by atoms with Crippen LogP contribution >= 0.6 is 0 Å². The van der Waals surface area contributed by atoms with Crippen molar-refractivity contribution >= 4 is 28.0 Å². The minimum Gasteiger partial charge on any atom is -0.340 e. The van der Waals surface area contributed by atoms with Crippen LogP contribution in [0.1, 0.15) is 27.6 Å². The maximum atomic E-state index is 13.0. The summed E-state index contributed by atoms with van der Waals surface area (Å²) in [7, 11) is 3.63. The highest BCUT2D eigenvalue weighted by atomic mass is 16.2. The number of aromatic nitrogens is 5. The standard InChI is InChI=1S/C19H20N6O/c1-11-14(9-13-12(2)23-25(4)18(13)20-11)19(26)24(3)10-17-21-15-7-5-6-8-16(15)22-17/h5-9H,10H2,1-4H3,(H,21,22). The molecule has 0 radical (unpaired) electrons. The molecule has 0 atom stereocenters. The molecule has 1 amide bonds. The molecular formula is C19H20N6O. The number of nitrogens with one attached hydrogen (secondary N) is 1. The van der Waals surface area contributed by atoms with Gasteiger partial charge < -0.3 is 9.88 Å². The number of carbonyl (C=O) groups is 1. The summed E-state index contributed by atoms with van der Waals surface area (Å²) in [6.07, 6.45) is 0. The largest absolute Gasteiger partial charge is 0.340 e. The zero-order chi connectivity index (χ0) is 18.4. The lowest BCUT2D eigenvalue weighted by Gasteiger charge is -2.17. The maximum Gasteiger partial charge on any atom is 0.255 e. The highest BCUT2D eigenvalue weighted by Crippen LogP contribution is 2.21. The van der Waals surface area contributed by atoms with Gasteiger partial charge in [-0.2, -0.15) is 5.10 Å². The topological polar surface area (TPSA) is 79.7 Å². The number of fused-ring (bicyclic) bond motifs is 2. The first-order valence-corrected chi connectivity index (χ1v) is 8.44. The first-order valence-electron chi connectivity index (χ1n) is 8.44. The second-order valence-corrected chi connectivity index (χ2v) is 6.56. The first kappa shape index (κ1) is 16.3. The van der Waals surface area contributed by atoms with Gasteiger partial charge in [0.05, 0.1) is 34.5 Å². The summed E-state index contributed by atoms with van der Waals surface area (Å²) in [4.78, 5) is 27.0. The van der Waals surface area contributed by atoms with Crippen LogP contribution in [-0.2, 0) is 13.6 Å². The molecule has 0 saturated heterocycles. The third kappa shape index (κ3) is 2.61. The number of para-hydroxylation sites is 2. The van der Waals surface area contributed by atoms with E-state index in [2.05, 4.69) is 20.1 Å². The predicted molar refractivity (Wildman–Crippen MR) is 99.9 cm³/mol. The summed E-state index contributed by atoms with van der Waals surface area (Å²) in [6, 6.07) is 9.71. The molecule has 26 heavy (non-hydrogen) atoms. The van der Waals surface area contributed by atoms with Crippen LogP contribution in [0.5, 0.6) is 0 Å². The first-order chi connectivity index (χ1) is 12.4. The zero-order valence-electron chi connectivity index (χ0n) is 15.2. The minimum atomic E-state index is -0.0828. The lowest BCUT2D eigenvalue weighted by molar-refractivity contribution is 0.0781. The molecule has 4 rings (SSSR count). The van der Waals surface area contributed by atoms with E-state index in [0.29, 0.717) is 17.8 Å². The van der Waals surface area contributed by atoms with E-state index in [0.717, 1.165) is 33.6 Å². The number of carbonyl (C=O) groups excluding carboxylic acids is 1. The number of H-pyrrole nitrogens is 1. The van der Waals surface area contributed by atoms with Gasteiger partial charge in [0.2, 0.25) is 0 Å². The van der Waals surface area contributed by atoms with E-state index in [4.69, 9.17) is 0 Å². The molecule has 0 aliphatic heterocycles. The van der Waals surface area contributed by atoms with Crippen molar-refractivity contribution < 1.29 is 4.79 Å². The summed E-state index contributed by atoms with van der Waals surface area (Å²) in [5, 5.41) is 5.28. The van der Waals surface area contributed by atoms with Crippen LogP contribution in [0.25, 0.3) is 22.1 Å². The minimum absolute atomic E-state index is 0.0828. The molecule has 3 heterocycles. The lowest BCUT2D eigenvalue weighted by Crippen LogP contribution is -2.27. The molecule has 132 valence electrons. The molecule has 0 aliphatic carbocycles. The Morgan fingerprint density at radius 1 is 1.19 bits per heavy atom. The Hall–Kier alpha value is -3.22. The van der Waals surface area contributed by atoms with Crippen LogP contribution in [0, 0.1) is 13.8 Å². The Labute approximate surface area is 150 Å². The second kappa shape index (κ2) is 5.94. The van der Waals surface area contributed by atoms with Crippen LogP contribution in [0.3, 0.4) is 0 Å². The summed E-state index contributed by atoms with van der Waals surface area (Å²) in [5.41, 5.74) is 4.80. The predicted octanol–water partition coefficient (Wildman–Crippen LogP) is 2.73. The van der Waals surface area contributed by atoms with Crippen molar-refractivity contribution in [2.24, 2.45) is 7.05 Å². The fourth-order valence-electron chi connectivity index (χ4n) is 3.23. The van der Waals surface area contributed by atoms with Crippen LogP contribution < -0.4 is 0 Å². The quantitative estimate of drug-likeness (QED) is 0.617. The summed E-state index contributed by atoms with van der Waals surface area (Å²) >= 11 is 0. The number of nitrogens with zero attached hydrogens (tertiary/aromatic N) is 5. The molecule has 0 unspecified atom stereocenters. The summed E-state index contributed by atoms with van der Waals surface area (Å²) in [5.74, 6) is 0.673. The number of amides is 1. The molecule has 0 saturated carbocycles. The number of hydrogen-bond acceptors (Lipinski definition) is 4. The molecule has 0 aliphatic rings. The molecular weight excluding hydrogens is 328 g/mol. The van der Waals surface area contributed by atoms with E-state index in [-0.39, 0.29) is 5.91 Å². The van der Waals surface area contributed by atoms with Crippen molar-refractivity contribution in [1.29, 1.82) is 0 Å². The van der Waals surface area contributed by atoms with Crippen molar-refractivity contribution in [2.75, 3.05) is 7.05 Å². The normalized spacial score (nSPS) is 11.4. The molecule has 7 heteroatoms. The molecule has 0 bridgehead atoms. The van der Waals surface area contributed by atoms with Gasteiger partial charge in [0.15, 0.2) is 5.65 Å². The van der Waals surface area contributed by atoms with Gasteiger partial charge in [-0.3, -0.25) is 9.48 Å². The Bertz CT molecular complexity index is 1110. The van der Waals surface area contributed by atoms with E-state index in [1.54, 1.807) is 16.6 Å². The third-order valence-corrected chi connectivity index (χ3v) is 4.59. The van der Waals surface area contributed by atoms with Crippen molar-refractivity contribution in [1.82, 2.24) is 29.6 Å². The molecule has 0 spiro atoms. The Morgan fingerprint density at radius 3 is 2.73 bits per heavy atom. The number of pyridine rings is 1. The monoisotopic (exact) mass is 348 g/mol. The van der Waals surface area contributed by atoms with Gasteiger partial charge in [0, 0.05) is 19.5 Å².